The highest BCUT2D eigenvalue weighted by atomic mass is 19.1. The lowest BCUT2D eigenvalue weighted by Gasteiger charge is -2.38. The Hall–Kier alpha value is -1.62. The van der Waals surface area contributed by atoms with Crippen LogP contribution >= 0.6 is 0 Å². The lowest BCUT2D eigenvalue weighted by atomic mass is 10.00. The van der Waals surface area contributed by atoms with E-state index in [1.54, 1.807) is 12.1 Å². The number of rotatable bonds is 4. The van der Waals surface area contributed by atoms with Crippen molar-refractivity contribution in [2.24, 2.45) is 0 Å². The Morgan fingerprint density at radius 1 is 1.33 bits per heavy atom. The normalized spacial score (nSPS) is 22.9. The highest BCUT2D eigenvalue weighted by Crippen LogP contribution is 2.23. The van der Waals surface area contributed by atoms with Gasteiger partial charge in [-0.2, -0.15) is 0 Å². The Morgan fingerprint density at radius 2 is 2.00 bits per heavy atom. The van der Waals surface area contributed by atoms with Crippen LogP contribution in [-0.4, -0.2) is 29.5 Å². The molecule has 0 bridgehead atoms. The predicted octanol–water partition coefficient (Wildman–Crippen LogP) is 3.17. The van der Waals surface area contributed by atoms with Crippen molar-refractivity contribution in [3.05, 3.63) is 29.6 Å². The fraction of sp³-hybridized carbons (Fsp3) is 0.562. The first-order valence-electron chi connectivity index (χ1n) is 7.66. The average Bonchev–Trinajstić information content (AvgIpc) is 2.45. The Balaban J connectivity index is 2.18. The molecule has 2 rings (SSSR count). The molecule has 0 aromatic heterocycles. The van der Waals surface area contributed by atoms with Gasteiger partial charge in [-0.15, -0.1) is 0 Å². The van der Waals surface area contributed by atoms with Gasteiger partial charge in [0.1, 0.15) is 5.82 Å². The van der Waals surface area contributed by atoms with E-state index in [1.165, 1.54) is 12.5 Å². The molecule has 0 saturated carbocycles. The van der Waals surface area contributed by atoms with Crippen LogP contribution in [0.25, 0.3) is 0 Å². The van der Waals surface area contributed by atoms with Crippen LogP contribution in [0.2, 0.25) is 0 Å². The standard InChI is InChI=1S/C16H24FN3O/c1-4-18-15-13(9-6-10-14(15)17)16(21)19-20-11(2)7-5-8-12(20)3/h6,9-12,18H,4-5,7-8H2,1-3H3,(H,19,21). The number of halogens is 1. The van der Waals surface area contributed by atoms with Crippen molar-refractivity contribution in [3.63, 3.8) is 0 Å². The molecule has 1 aromatic carbocycles. The van der Waals surface area contributed by atoms with E-state index in [0.29, 0.717) is 24.2 Å². The summed E-state index contributed by atoms with van der Waals surface area (Å²) in [5, 5.41) is 4.92. The van der Waals surface area contributed by atoms with Crippen LogP contribution in [0.5, 0.6) is 0 Å². The second kappa shape index (κ2) is 6.89. The smallest absolute Gasteiger partial charge is 0.267 e. The SMILES string of the molecule is CCNc1c(F)cccc1C(=O)NN1C(C)CCCC1C. The molecular formula is C16H24FN3O. The number of anilines is 1. The summed E-state index contributed by atoms with van der Waals surface area (Å²) in [6.45, 7) is 6.65. The van der Waals surface area contributed by atoms with Crippen molar-refractivity contribution in [1.29, 1.82) is 0 Å². The third kappa shape index (κ3) is 3.53. The van der Waals surface area contributed by atoms with Crippen molar-refractivity contribution in [2.45, 2.75) is 52.1 Å². The Kier molecular flexibility index (Phi) is 5.17. The largest absolute Gasteiger partial charge is 0.382 e. The molecule has 0 aliphatic carbocycles. The Labute approximate surface area is 125 Å². The second-order valence-corrected chi connectivity index (χ2v) is 5.67. The van der Waals surface area contributed by atoms with Gasteiger partial charge in [0.25, 0.3) is 5.91 Å². The van der Waals surface area contributed by atoms with Crippen molar-refractivity contribution in [1.82, 2.24) is 10.4 Å². The number of nitrogens with zero attached hydrogens (tertiary/aromatic N) is 1. The molecule has 4 nitrogen and oxygen atoms in total. The van der Waals surface area contributed by atoms with Crippen LogP contribution in [0, 0.1) is 5.82 Å². The van der Waals surface area contributed by atoms with Gasteiger partial charge in [0.05, 0.1) is 11.3 Å². The van der Waals surface area contributed by atoms with Gasteiger partial charge < -0.3 is 5.32 Å². The number of piperidine rings is 1. The van der Waals surface area contributed by atoms with E-state index < -0.39 is 5.82 Å². The van der Waals surface area contributed by atoms with Crippen LogP contribution < -0.4 is 10.7 Å². The van der Waals surface area contributed by atoms with Gasteiger partial charge in [-0.3, -0.25) is 10.2 Å². The molecule has 2 N–H and O–H groups in total. The lowest BCUT2D eigenvalue weighted by Crippen LogP contribution is -2.54. The fourth-order valence-corrected chi connectivity index (χ4v) is 2.89. The van der Waals surface area contributed by atoms with Crippen LogP contribution in [-0.2, 0) is 0 Å². The molecule has 2 atom stereocenters. The maximum atomic E-state index is 13.9. The number of nitrogens with one attached hydrogen (secondary N) is 2. The van der Waals surface area contributed by atoms with Crippen LogP contribution in [0.15, 0.2) is 18.2 Å². The highest BCUT2D eigenvalue weighted by Gasteiger charge is 2.27. The Bertz CT molecular complexity index is 496. The van der Waals surface area contributed by atoms with Gasteiger partial charge in [0.15, 0.2) is 0 Å². The highest BCUT2D eigenvalue weighted by molar-refractivity contribution is 5.99. The molecular weight excluding hydrogens is 269 g/mol. The van der Waals surface area contributed by atoms with Crippen LogP contribution in [0.4, 0.5) is 10.1 Å². The zero-order valence-corrected chi connectivity index (χ0v) is 12.9. The number of hydrogen-bond donors (Lipinski definition) is 2. The fourth-order valence-electron chi connectivity index (χ4n) is 2.89. The molecule has 0 spiro atoms. The van der Waals surface area contributed by atoms with Crippen molar-refractivity contribution < 1.29 is 9.18 Å². The van der Waals surface area contributed by atoms with E-state index in [1.807, 2.05) is 11.9 Å². The number of para-hydroxylation sites is 1. The number of amides is 1. The third-order valence-corrected chi connectivity index (χ3v) is 4.04. The second-order valence-electron chi connectivity index (χ2n) is 5.67. The van der Waals surface area contributed by atoms with Gasteiger partial charge in [-0.1, -0.05) is 12.5 Å². The van der Waals surface area contributed by atoms with Gasteiger partial charge in [-0.25, -0.2) is 9.40 Å². The molecule has 1 aliphatic heterocycles. The monoisotopic (exact) mass is 293 g/mol. The molecule has 1 aliphatic rings. The third-order valence-electron chi connectivity index (χ3n) is 4.04. The van der Waals surface area contributed by atoms with Gasteiger partial charge in [0, 0.05) is 18.6 Å². The molecule has 1 aromatic rings. The van der Waals surface area contributed by atoms with Crippen LogP contribution in [0.1, 0.15) is 50.4 Å². The molecule has 5 heteroatoms. The first-order chi connectivity index (χ1) is 10.0. The van der Waals surface area contributed by atoms with E-state index >= 15 is 0 Å². The molecule has 0 radical (unpaired) electrons. The summed E-state index contributed by atoms with van der Waals surface area (Å²) in [4.78, 5) is 12.5. The average molecular weight is 293 g/mol. The van der Waals surface area contributed by atoms with Crippen molar-refractivity contribution in [2.75, 3.05) is 11.9 Å². The summed E-state index contributed by atoms with van der Waals surface area (Å²) in [5.74, 6) is -0.657. The first kappa shape index (κ1) is 15.8. The molecule has 1 amide bonds. The summed E-state index contributed by atoms with van der Waals surface area (Å²) in [6.07, 6.45) is 3.30. The van der Waals surface area contributed by atoms with Gasteiger partial charge >= 0.3 is 0 Å². The summed E-state index contributed by atoms with van der Waals surface area (Å²) in [5.41, 5.74) is 3.57. The van der Waals surface area contributed by atoms with E-state index in [9.17, 15) is 9.18 Å². The van der Waals surface area contributed by atoms with Gasteiger partial charge in [-0.05, 0) is 45.7 Å². The zero-order valence-electron chi connectivity index (χ0n) is 12.9. The summed E-state index contributed by atoms with van der Waals surface area (Å²) in [7, 11) is 0. The van der Waals surface area contributed by atoms with E-state index in [2.05, 4.69) is 24.6 Å². The van der Waals surface area contributed by atoms with Crippen molar-refractivity contribution >= 4 is 11.6 Å². The zero-order chi connectivity index (χ0) is 15.4. The summed E-state index contributed by atoms with van der Waals surface area (Å²) in [6, 6.07) is 5.17. The van der Waals surface area contributed by atoms with E-state index in [4.69, 9.17) is 0 Å². The molecule has 1 heterocycles. The number of benzene rings is 1. The molecule has 1 fully saturated rings. The van der Waals surface area contributed by atoms with E-state index in [0.717, 1.165) is 12.8 Å². The molecule has 1 saturated heterocycles. The first-order valence-corrected chi connectivity index (χ1v) is 7.66. The maximum Gasteiger partial charge on any atom is 0.267 e. The van der Waals surface area contributed by atoms with Gasteiger partial charge in [0.2, 0.25) is 0 Å². The number of carbonyl (C=O) groups is 1. The number of hydrogen-bond acceptors (Lipinski definition) is 3. The van der Waals surface area contributed by atoms with Crippen LogP contribution in [0.3, 0.4) is 0 Å². The van der Waals surface area contributed by atoms with E-state index in [-0.39, 0.29) is 11.6 Å². The summed E-state index contributed by atoms with van der Waals surface area (Å²) >= 11 is 0. The Morgan fingerprint density at radius 3 is 2.62 bits per heavy atom. The number of carbonyl (C=O) groups excluding carboxylic acids is 1. The minimum Gasteiger partial charge on any atom is -0.382 e. The lowest BCUT2D eigenvalue weighted by molar-refractivity contribution is 0.0370. The predicted molar refractivity (Wildman–Crippen MR) is 82.6 cm³/mol. The number of hydrazine groups is 1. The van der Waals surface area contributed by atoms with Crippen molar-refractivity contribution in [3.8, 4) is 0 Å². The quantitative estimate of drug-likeness (QED) is 0.896. The molecule has 2 unspecified atom stereocenters. The maximum absolute atomic E-state index is 13.9. The molecule has 21 heavy (non-hydrogen) atoms. The topological polar surface area (TPSA) is 44.4 Å². The minimum atomic E-state index is -0.399. The minimum absolute atomic E-state index is 0.258. The molecule has 116 valence electrons. The summed E-state index contributed by atoms with van der Waals surface area (Å²) < 4.78 is 13.9.